The van der Waals surface area contributed by atoms with Gasteiger partial charge in [-0.15, -0.1) is 11.3 Å². The van der Waals surface area contributed by atoms with Gasteiger partial charge in [-0.05, 0) is 69.7 Å². The average Bonchev–Trinajstić information content (AvgIpc) is 3.53. The highest BCUT2D eigenvalue weighted by Crippen LogP contribution is 2.46. The van der Waals surface area contributed by atoms with Crippen LogP contribution in [0.25, 0.3) is 21.2 Å². The third-order valence-corrected chi connectivity index (χ3v) is 9.33. The Morgan fingerprint density at radius 3 is 1.81 bits per heavy atom. The molecule has 0 saturated heterocycles. The zero-order valence-corrected chi connectivity index (χ0v) is 23.9. The Bertz CT molecular complexity index is 2090. The number of nitrogens with zero attached hydrogens (tertiary/aromatic N) is 1. The lowest BCUT2D eigenvalue weighted by atomic mass is 9.35. The van der Waals surface area contributed by atoms with Crippen molar-refractivity contribution < 1.29 is 9.47 Å². The van der Waals surface area contributed by atoms with Crippen LogP contribution in [0.15, 0.2) is 145 Å². The normalized spacial score (nSPS) is 12.5. The summed E-state index contributed by atoms with van der Waals surface area (Å²) in [6.07, 6.45) is 0. The number of thiophene rings is 1. The molecule has 3 heterocycles. The van der Waals surface area contributed by atoms with Crippen molar-refractivity contribution in [3.63, 3.8) is 0 Å². The standard InChI is InChI=1S/C38H24BNO2S/c1-3-11-25(12-4-1)29-21-26-19-20-43-37(26)24-32(29)40(27-13-5-2-6-14-27)28-22-35-38-36(23-28)42-34-18-10-8-16-31(34)39(38)30-15-7-9-17-33(30)41-35/h1-24H. The van der Waals surface area contributed by atoms with Crippen LogP contribution >= 0.6 is 11.3 Å². The molecular formula is C38H24BNO2S. The molecule has 0 radical (unpaired) electrons. The lowest BCUT2D eigenvalue weighted by Crippen LogP contribution is -2.57. The van der Waals surface area contributed by atoms with E-state index in [1.165, 1.54) is 15.6 Å². The summed E-state index contributed by atoms with van der Waals surface area (Å²) < 4.78 is 14.6. The highest BCUT2D eigenvalue weighted by Gasteiger charge is 2.40. The molecule has 0 atom stereocenters. The summed E-state index contributed by atoms with van der Waals surface area (Å²) in [7, 11) is 0. The number of ether oxygens (including phenoxy) is 2. The van der Waals surface area contributed by atoms with E-state index in [0.717, 1.165) is 62.0 Å². The highest BCUT2D eigenvalue weighted by molar-refractivity contribution is 7.17. The molecule has 0 fully saturated rings. The van der Waals surface area contributed by atoms with Crippen LogP contribution in [0.2, 0.25) is 0 Å². The lowest BCUT2D eigenvalue weighted by molar-refractivity contribution is 0.465. The summed E-state index contributed by atoms with van der Waals surface area (Å²) >= 11 is 1.76. The van der Waals surface area contributed by atoms with Crippen LogP contribution in [-0.2, 0) is 0 Å². The average molecular weight is 569 g/mol. The first-order chi connectivity index (χ1) is 21.3. The Balaban J connectivity index is 1.31. The predicted octanol–water partition coefficient (Wildman–Crippen LogP) is 8.77. The third kappa shape index (κ3) is 3.89. The van der Waals surface area contributed by atoms with Gasteiger partial charge < -0.3 is 14.4 Å². The summed E-state index contributed by atoms with van der Waals surface area (Å²) in [5.41, 5.74) is 8.87. The molecule has 0 bridgehead atoms. The molecule has 0 saturated carbocycles. The maximum absolute atomic E-state index is 6.67. The van der Waals surface area contributed by atoms with Gasteiger partial charge >= 0.3 is 0 Å². The predicted molar refractivity (Wildman–Crippen MR) is 180 cm³/mol. The van der Waals surface area contributed by atoms with Gasteiger partial charge in [0, 0.05) is 33.5 Å². The van der Waals surface area contributed by atoms with Gasteiger partial charge in [0.2, 0.25) is 0 Å². The van der Waals surface area contributed by atoms with Crippen LogP contribution in [0.1, 0.15) is 0 Å². The second kappa shape index (κ2) is 9.65. The minimum atomic E-state index is 0.0430. The Morgan fingerprint density at radius 1 is 0.535 bits per heavy atom. The number of benzene rings is 6. The molecule has 0 N–H and O–H groups in total. The Labute approximate surface area is 254 Å². The molecule has 0 spiro atoms. The maximum Gasteiger partial charge on any atom is 0.260 e. The molecular weight excluding hydrogens is 545 g/mol. The molecule has 3 nitrogen and oxygen atoms in total. The van der Waals surface area contributed by atoms with Crippen LogP contribution in [0.3, 0.4) is 0 Å². The first-order valence-corrected chi connectivity index (χ1v) is 15.3. The van der Waals surface area contributed by atoms with E-state index in [2.05, 4.69) is 138 Å². The fourth-order valence-electron chi connectivity index (χ4n) is 6.55. The first-order valence-electron chi connectivity index (χ1n) is 14.5. The highest BCUT2D eigenvalue weighted by atomic mass is 32.1. The van der Waals surface area contributed by atoms with Crippen LogP contribution in [0.4, 0.5) is 17.1 Å². The Kier molecular flexibility index (Phi) is 5.47. The van der Waals surface area contributed by atoms with E-state index in [9.17, 15) is 0 Å². The van der Waals surface area contributed by atoms with Crippen molar-refractivity contribution in [3.05, 3.63) is 145 Å². The van der Waals surface area contributed by atoms with Crippen LogP contribution in [-0.4, -0.2) is 6.71 Å². The second-order valence-electron chi connectivity index (χ2n) is 10.9. The molecule has 0 amide bonds. The van der Waals surface area contributed by atoms with E-state index < -0.39 is 0 Å². The first kappa shape index (κ1) is 24.4. The van der Waals surface area contributed by atoms with Crippen molar-refractivity contribution in [3.8, 4) is 34.1 Å². The Morgan fingerprint density at radius 2 is 1.14 bits per heavy atom. The van der Waals surface area contributed by atoms with Crippen molar-refractivity contribution >= 4 is 61.6 Å². The summed E-state index contributed by atoms with van der Waals surface area (Å²) in [6, 6.07) is 49.1. The van der Waals surface area contributed by atoms with Gasteiger partial charge in [-0.3, -0.25) is 0 Å². The molecule has 0 unspecified atom stereocenters. The Hall–Kier alpha value is -5.26. The number of rotatable bonds is 4. The molecule has 7 aromatic rings. The number of fused-ring (bicyclic) bond motifs is 5. The molecule has 6 aromatic carbocycles. The summed E-state index contributed by atoms with van der Waals surface area (Å²) in [4.78, 5) is 2.33. The number of para-hydroxylation sites is 3. The maximum atomic E-state index is 6.67. The molecule has 2 aliphatic rings. The van der Waals surface area contributed by atoms with E-state index in [0.29, 0.717) is 0 Å². The van der Waals surface area contributed by atoms with Gasteiger partial charge in [0.1, 0.15) is 23.0 Å². The number of anilines is 3. The number of hydrogen-bond donors (Lipinski definition) is 0. The minimum Gasteiger partial charge on any atom is -0.458 e. The summed E-state index contributed by atoms with van der Waals surface area (Å²) in [5.74, 6) is 3.42. The van der Waals surface area contributed by atoms with E-state index in [1.807, 2.05) is 12.1 Å². The zero-order chi connectivity index (χ0) is 28.3. The molecule has 202 valence electrons. The van der Waals surface area contributed by atoms with E-state index >= 15 is 0 Å². The largest absolute Gasteiger partial charge is 0.458 e. The molecule has 1 aromatic heterocycles. The van der Waals surface area contributed by atoms with Gasteiger partial charge in [-0.2, -0.15) is 0 Å². The van der Waals surface area contributed by atoms with Gasteiger partial charge in [0.15, 0.2) is 0 Å². The van der Waals surface area contributed by atoms with Gasteiger partial charge in [0.05, 0.1) is 11.4 Å². The zero-order valence-electron chi connectivity index (χ0n) is 23.1. The van der Waals surface area contributed by atoms with Crippen molar-refractivity contribution in [1.29, 1.82) is 0 Å². The van der Waals surface area contributed by atoms with Gasteiger partial charge in [-0.25, -0.2) is 0 Å². The quantitative estimate of drug-likeness (QED) is 0.198. The van der Waals surface area contributed by atoms with Crippen LogP contribution < -0.4 is 30.8 Å². The lowest BCUT2D eigenvalue weighted by Gasteiger charge is -2.35. The summed E-state index contributed by atoms with van der Waals surface area (Å²) in [6.45, 7) is 0.0430. The molecule has 43 heavy (non-hydrogen) atoms. The second-order valence-corrected chi connectivity index (χ2v) is 11.9. The third-order valence-electron chi connectivity index (χ3n) is 8.45. The number of hydrogen-bond acceptors (Lipinski definition) is 4. The van der Waals surface area contributed by atoms with E-state index in [-0.39, 0.29) is 6.71 Å². The van der Waals surface area contributed by atoms with Crippen LogP contribution in [0, 0.1) is 0 Å². The topological polar surface area (TPSA) is 21.7 Å². The van der Waals surface area contributed by atoms with Gasteiger partial charge in [-0.1, -0.05) is 84.9 Å². The van der Waals surface area contributed by atoms with Crippen molar-refractivity contribution in [2.45, 2.75) is 0 Å². The van der Waals surface area contributed by atoms with Crippen molar-refractivity contribution in [2.24, 2.45) is 0 Å². The van der Waals surface area contributed by atoms with E-state index in [1.54, 1.807) is 11.3 Å². The minimum absolute atomic E-state index is 0.0430. The SMILES string of the molecule is c1ccc(-c2cc3ccsc3cc2N(c2ccccc2)c2cc3c4c(c2)Oc2ccccc2B4c2ccccc2O3)cc1. The summed E-state index contributed by atoms with van der Waals surface area (Å²) in [5, 5.41) is 3.40. The van der Waals surface area contributed by atoms with E-state index in [4.69, 9.17) is 9.47 Å². The fourth-order valence-corrected chi connectivity index (χ4v) is 7.35. The van der Waals surface area contributed by atoms with Crippen LogP contribution in [0.5, 0.6) is 23.0 Å². The fraction of sp³-hybridized carbons (Fsp3) is 0. The molecule has 0 aliphatic carbocycles. The monoisotopic (exact) mass is 569 g/mol. The molecule has 9 rings (SSSR count). The smallest absolute Gasteiger partial charge is 0.260 e. The van der Waals surface area contributed by atoms with Gasteiger partial charge in [0.25, 0.3) is 6.71 Å². The molecule has 2 aliphatic heterocycles. The molecule has 5 heteroatoms. The van der Waals surface area contributed by atoms with Crippen molar-refractivity contribution in [2.75, 3.05) is 4.90 Å². The van der Waals surface area contributed by atoms with Crippen molar-refractivity contribution in [1.82, 2.24) is 0 Å².